The number of hydrogen-bond donors (Lipinski definition) is 0. The first-order valence-electron chi connectivity index (χ1n) is 15.2. The van der Waals surface area contributed by atoms with E-state index in [0.29, 0.717) is 67.1 Å². The second-order valence-corrected chi connectivity index (χ2v) is 10.9. The van der Waals surface area contributed by atoms with Crippen LogP contribution < -0.4 is 28.4 Å². The van der Waals surface area contributed by atoms with Gasteiger partial charge in [0, 0.05) is 49.1 Å². The Morgan fingerprint density at radius 2 is 0.936 bits per heavy atom. The average Bonchev–Trinajstić information content (AvgIpc) is 3.37. The number of rotatable bonds is 10. The number of ether oxygens (including phenoxy) is 6. The molecule has 10 nitrogen and oxygen atoms in total. The normalized spacial score (nSPS) is 13.7. The lowest BCUT2D eigenvalue weighted by atomic mass is 10.0. The van der Waals surface area contributed by atoms with Crippen LogP contribution in [0.5, 0.6) is 34.5 Å². The highest BCUT2D eigenvalue weighted by Gasteiger charge is 2.21. The molecule has 0 N–H and O–H groups in total. The van der Waals surface area contributed by atoms with Gasteiger partial charge in [-0.05, 0) is 64.7 Å². The van der Waals surface area contributed by atoms with Gasteiger partial charge in [-0.1, -0.05) is 24.3 Å². The van der Waals surface area contributed by atoms with Crippen LogP contribution in [0, 0.1) is 0 Å². The molecule has 0 bridgehead atoms. The van der Waals surface area contributed by atoms with E-state index in [1.807, 2.05) is 48.5 Å². The van der Waals surface area contributed by atoms with Crippen LogP contribution in [0.1, 0.15) is 17.5 Å². The summed E-state index contributed by atoms with van der Waals surface area (Å²) in [6.07, 6.45) is 7.41. The molecular weight excluding hydrogens is 600 g/mol. The third-order valence-electron chi connectivity index (χ3n) is 8.29. The summed E-state index contributed by atoms with van der Waals surface area (Å²) >= 11 is 0. The maximum atomic E-state index is 13.2. The summed E-state index contributed by atoms with van der Waals surface area (Å²) < 4.78 is 33.2. The Labute approximate surface area is 274 Å². The molecule has 0 unspecified atom stereocenters. The van der Waals surface area contributed by atoms with Crippen LogP contribution >= 0.6 is 0 Å². The van der Waals surface area contributed by atoms with Crippen molar-refractivity contribution < 1.29 is 38.0 Å². The van der Waals surface area contributed by atoms with Crippen molar-refractivity contribution >= 4 is 45.5 Å². The minimum absolute atomic E-state index is 0.105. The van der Waals surface area contributed by atoms with Crippen LogP contribution in [0.15, 0.2) is 60.7 Å². The van der Waals surface area contributed by atoms with Crippen molar-refractivity contribution in [2.45, 2.75) is 6.42 Å². The van der Waals surface area contributed by atoms with Gasteiger partial charge in [0.25, 0.3) is 0 Å². The Morgan fingerprint density at radius 3 is 1.30 bits per heavy atom. The number of amides is 2. The molecule has 0 saturated carbocycles. The monoisotopic (exact) mass is 640 g/mol. The summed E-state index contributed by atoms with van der Waals surface area (Å²) in [5.41, 5.74) is 1.69. The van der Waals surface area contributed by atoms with Crippen LogP contribution in [0.25, 0.3) is 33.7 Å². The highest BCUT2D eigenvalue weighted by Crippen LogP contribution is 2.44. The SMILES string of the molecule is COc1cc2ccc(C=CC(=O)N3CCCN(C(=O)C=Cc4ccc5cc(OC)c(OC)c(OC)c5c4)CC3)cc2c(OC)c1OC. The number of nitrogens with zero attached hydrogens (tertiary/aromatic N) is 2. The van der Waals surface area contributed by atoms with Crippen molar-refractivity contribution in [1.29, 1.82) is 0 Å². The number of fused-ring (bicyclic) bond motifs is 2. The number of hydrogen-bond acceptors (Lipinski definition) is 8. The van der Waals surface area contributed by atoms with Crippen molar-refractivity contribution in [3.63, 3.8) is 0 Å². The lowest BCUT2D eigenvalue weighted by Crippen LogP contribution is -2.36. The quantitative estimate of drug-likeness (QED) is 0.200. The lowest BCUT2D eigenvalue weighted by Gasteiger charge is -2.20. The van der Waals surface area contributed by atoms with Gasteiger partial charge in [-0.15, -0.1) is 0 Å². The number of carbonyl (C=O) groups is 2. The van der Waals surface area contributed by atoms with E-state index in [4.69, 9.17) is 28.4 Å². The zero-order valence-electron chi connectivity index (χ0n) is 27.6. The summed E-state index contributed by atoms with van der Waals surface area (Å²) in [4.78, 5) is 29.9. The molecule has 0 aliphatic carbocycles. The first kappa shape index (κ1) is 33.0. The Balaban J connectivity index is 1.24. The number of methoxy groups -OCH3 is 6. The molecule has 0 spiro atoms. The molecule has 1 aliphatic heterocycles. The van der Waals surface area contributed by atoms with Crippen molar-refractivity contribution in [3.8, 4) is 34.5 Å². The van der Waals surface area contributed by atoms with E-state index in [0.717, 1.165) is 32.7 Å². The molecule has 0 atom stereocenters. The molecule has 2 amide bonds. The maximum absolute atomic E-state index is 13.2. The molecule has 5 rings (SSSR count). The van der Waals surface area contributed by atoms with Gasteiger partial charge in [0.1, 0.15) is 0 Å². The van der Waals surface area contributed by atoms with Gasteiger partial charge in [-0.3, -0.25) is 9.59 Å². The third-order valence-corrected chi connectivity index (χ3v) is 8.29. The average molecular weight is 641 g/mol. The summed E-state index contributed by atoms with van der Waals surface area (Å²) in [7, 11) is 9.48. The molecule has 10 heteroatoms. The minimum atomic E-state index is -0.105. The van der Waals surface area contributed by atoms with Crippen molar-refractivity contribution in [1.82, 2.24) is 9.80 Å². The van der Waals surface area contributed by atoms with Gasteiger partial charge < -0.3 is 38.2 Å². The molecule has 4 aromatic rings. The topological polar surface area (TPSA) is 96.0 Å². The molecule has 4 aromatic carbocycles. The summed E-state index contributed by atoms with van der Waals surface area (Å²) in [5, 5.41) is 3.55. The van der Waals surface area contributed by atoms with E-state index in [2.05, 4.69) is 0 Å². The fourth-order valence-corrected chi connectivity index (χ4v) is 5.88. The van der Waals surface area contributed by atoms with Crippen LogP contribution in [0.3, 0.4) is 0 Å². The molecule has 1 saturated heterocycles. The predicted molar refractivity (Wildman–Crippen MR) is 183 cm³/mol. The highest BCUT2D eigenvalue weighted by molar-refractivity contribution is 5.98. The molecule has 1 fully saturated rings. The Morgan fingerprint density at radius 1 is 0.532 bits per heavy atom. The van der Waals surface area contributed by atoms with E-state index >= 15 is 0 Å². The largest absolute Gasteiger partial charge is 0.493 e. The van der Waals surface area contributed by atoms with Gasteiger partial charge >= 0.3 is 0 Å². The van der Waals surface area contributed by atoms with Gasteiger partial charge in [-0.25, -0.2) is 0 Å². The second kappa shape index (κ2) is 14.8. The number of benzene rings is 4. The van der Waals surface area contributed by atoms with E-state index in [-0.39, 0.29) is 11.8 Å². The second-order valence-electron chi connectivity index (χ2n) is 10.9. The van der Waals surface area contributed by atoms with Gasteiger partial charge in [-0.2, -0.15) is 0 Å². The van der Waals surface area contributed by atoms with Crippen LogP contribution in [-0.4, -0.2) is 90.5 Å². The highest BCUT2D eigenvalue weighted by atomic mass is 16.5. The Bertz CT molecular complexity index is 1710. The fraction of sp³-hybridized carbons (Fsp3) is 0.297. The van der Waals surface area contributed by atoms with E-state index < -0.39 is 0 Å². The summed E-state index contributed by atoms with van der Waals surface area (Å²) in [6, 6.07) is 15.5. The van der Waals surface area contributed by atoms with Crippen molar-refractivity contribution in [3.05, 3.63) is 71.8 Å². The molecule has 246 valence electrons. The molecule has 47 heavy (non-hydrogen) atoms. The van der Waals surface area contributed by atoms with E-state index in [9.17, 15) is 9.59 Å². The molecule has 0 radical (unpaired) electrons. The smallest absolute Gasteiger partial charge is 0.246 e. The molecule has 0 aromatic heterocycles. The molecular formula is C37H40N2O8. The summed E-state index contributed by atoms with van der Waals surface area (Å²) in [5.74, 6) is 3.10. The first-order valence-corrected chi connectivity index (χ1v) is 15.2. The van der Waals surface area contributed by atoms with E-state index in [1.54, 1.807) is 76.8 Å². The van der Waals surface area contributed by atoms with Gasteiger partial charge in [0.05, 0.1) is 42.7 Å². The Hall–Kier alpha value is -5.38. The van der Waals surface area contributed by atoms with Gasteiger partial charge in [0.2, 0.25) is 23.3 Å². The number of carbonyl (C=O) groups excluding carboxylic acids is 2. The van der Waals surface area contributed by atoms with Crippen LogP contribution in [-0.2, 0) is 9.59 Å². The molecule has 1 aliphatic rings. The molecule has 1 heterocycles. The van der Waals surface area contributed by atoms with Crippen molar-refractivity contribution in [2.24, 2.45) is 0 Å². The minimum Gasteiger partial charge on any atom is -0.493 e. The fourth-order valence-electron chi connectivity index (χ4n) is 5.88. The van der Waals surface area contributed by atoms with Crippen LogP contribution in [0.2, 0.25) is 0 Å². The standard InChI is InChI=1S/C37H40N2O8/c1-42-30-22-26-12-8-24(20-28(26)34(44-3)36(30)46-5)10-14-32(40)38-16-7-17-39(19-18-38)33(41)15-11-25-9-13-27-23-31(43-2)37(47-6)35(45-4)29(27)21-25/h8-15,20-23H,7,16-19H2,1-6H3. The van der Waals surface area contributed by atoms with E-state index in [1.165, 1.54) is 0 Å². The zero-order chi connectivity index (χ0) is 33.5. The first-order chi connectivity index (χ1) is 22.8. The maximum Gasteiger partial charge on any atom is 0.246 e. The van der Waals surface area contributed by atoms with Gasteiger partial charge in [0.15, 0.2) is 23.0 Å². The van der Waals surface area contributed by atoms with Crippen LogP contribution in [0.4, 0.5) is 0 Å². The Kier molecular flexibility index (Phi) is 10.4. The van der Waals surface area contributed by atoms with Crippen molar-refractivity contribution in [2.75, 3.05) is 68.8 Å². The summed E-state index contributed by atoms with van der Waals surface area (Å²) in [6.45, 7) is 2.02. The lowest BCUT2D eigenvalue weighted by molar-refractivity contribution is -0.128. The zero-order valence-corrected chi connectivity index (χ0v) is 27.6. The predicted octanol–water partition coefficient (Wildman–Crippen LogP) is 5.83. The third kappa shape index (κ3) is 6.91.